The number of ether oxygens (including phenoxy) is 2. The van der Waals surface area contributed by atoms with Gasteiger partial charge in [0.05, 0.1) is 25.4 Å². The fraction of sp³-hybridized carbons (Fsp3) is 0.571. The Labute approximate surface area is 109 Å². The van der Waals surface area contributed by atoms with Gasteiger partial charge < -0.3 is 19.9 Å². The van der Waals surface area contributed by atoms with Crippen molar-refractivity contribution >= 4 is 5.69 Å². The Hall–Kier alpha value is -1.26. The summed E-state index contributed by atoms with van der Waals surface area (Å²) in [5.74, 6) is 0.792. The van der Waals surface area contributed by atoms with Crippen LogP contribution in [-0.4, -0.2) is 37.1 Å². The molecule has 0 aliphatic carbocycles. The Bertz CT molecular complexity index is 360. The van der Waals surface area contributed by atoms with Crippen molar-refractivity contribution in [2.24, 2.45) is 0 Å². The van der Waals surface area contributed by atoms with Gasteiger partial charge in [-0.25, -0.2) is 0 Å². The third-order valence-corrected chi connectivity index (χ3v) is 2.32. The summed E-state index contributed by atoms with van der Waals surface area (Å²) in [5.41, 5.74) is 0.695. The molecule has 4 nitrogen and oxygen atoms in total. The molecule has 0 radical (unpaired) electrons. The van der Waals surface area contributed by atoms with Gasteiger partial charge in [0.2, 0.25) is 0 Å². The van der Waals surface area contributed by atoms with E-state index in [2.05, 4.69) is 5.32 Å². The Balaban J connectivity index is 2.35. The molecule has 0 heterocycles. The van der Waals surface area contributed by atoms with Crippen molar-refractivity contribution in [1.29, 1.82) is 0 Å². The predicted molar refractivity (Wildman–Crippen MR) is 73.2 cm³/mol. The highest BCUT2D eigenvalue weighted by Crippen LogP contribution is 2.16. The number of benzene rings is 1. The summed E-state index contributed by atoms with van der Waals surface area (Å²) in [7, 11) is 1.63. The molecule has 1 rings (SSSR count). The highest BCUT2D eigenvalue weighted by molar-refractivity contribution is 5.48. The lowest BCUT2D eigenvalue weighted by Gasteiger charge is -2.22. The van der Waals surface area contributed by atoms with E-state index in [9.17, 15) is 5.11 Å². The molecule has 102 valence electrons. The molecule has 0 saturated heterocycles. The van der Waals surface area contributed by atoms with Crippen LogP contribution in [0.5, 0.6) is 5.75 Å². The first-order valence-corrected chi connectivity index (χ1v) is 6.10. The molecule has 18 heavy (non-hydrogen) atoms. The smallest absolute Gasteiger partial charge is 0.120 e. The zero-order chi connectivity index (χ0) is 13.6. The molecular formula is C14H23NO3. The second-order valence-electron chi connectivity index (χ2n) is 5.19. The average Bonchev–Trinajstić information content (AvgIpc) is 2.33. The molecule has 1 unspecified atom stereocenters. The van der Waals surface area contributed by atoms with Crippen LogP contribution in [0.4, 0.5) is 5.69 Å². The molecule has 0 saturated carbocycles. The predicted octanol–water partition coefficient (Wildman–Crippen LogP) is 2.28. The molecule has 0 spiro atoms. The molecule has 4 heteroatoms. The Morgan fingerprint density at radius 3 is 2.67 bits per heavy atom. The van der Waals surface area contributed by atoms with E-state index in [-0.39, 0.29) is 5.60 Å². The minimum Gasteiger partial charge on any atom is -0.497 e. The van der Waals surface area contributed by atoms with E-state index in [1.54, 1.807) is 7.11 Å². The standard InChI is InChI=1S/C14H23NO3/c1-14(2,3)18-10-12(16)9-15-11-6-5-7-13(8-11)17-4/h5-8,12,15-16H,9-10H2,1-4H3. The van der Waals surface area contributed by atoms with Gasteiger partial charge in [-0.1, -0.05) is 6.07 Å². The summed E-state index contributed by atoms with van der Waals surface area (Å²) in [6, 6.07) is 7.60. The van der Waals surface area contributed by atoms with Crippen molar-refractivity contribution in [3.63, 3.8) is 0 Å². The van der Waals surface area contributed by atoms with Crippen molar-refractivity contribution in [2.75, 3.05) is 25.6 Å². The molecule has 0 aromatic heterocycles. The van der Waals surface area contributed by atoms with Crippen molar-refractivity contribution in [3.8, 4) is 5.75 Å². The van der Waals surface area contributed by atoms with Crippen LogP contribution in [0.15, 0.2) is 24.3 Å². The topological polar surface area (TPSA) is 50.7 Å². The van der Waals surface area contributed by atoms with Gasteiger partial charge in [0.1, 0.15) is 5.75 Å². The van der Waals surface area contributed by atoms with E-state index in [0.717, 1.165) is 11.4 Å². The molecule has 1 aromatic carbocycles. The Kier molecular flexibility index (Phi) is 5.44. The lowest BCUT2D eigenvalue weighted by atomic mass is 10.2. The Morgan fingerprint density at radius 1 is 1.33 bits per heavy atom. The summed E-state index contributed by atoms with van der Waals surface area (Å²) in [4.78, 5) is 0. The highest BCUT2D eigenvalue weighted by Gasteiger charge is 2.13. The van der Waals surface area contributed by atoms with Crippen molar-refractivity contribution in [1.82, 2.24) is 0 Å². The summed E-state index contributed by atoms with van der Waals surface area (Å²) >= 11 is 0. The maximum atomic E-state index is 9.78. The molecular weight excluding hydrogens is 230 g/mol. The fourth-order valence-electron chi connectivity index (χ4n) is 1.37. The zero-order valence-electron chi connectivity index (χ0n) is 11.6. The number of aliphatic hydroxyl groups excluding tert-OH is 1. The van der Waals surface area contributed by atoms with Crippen LogP contribution in [0.3, 0.4) is 0 Å². The Morgan fingerprint density at radius 2 is 2.06 bits per heavy atom. The maximum absolute atomic E-state index is 9.78. The molecule has 0 aliphatic rings. The summed E-state index contributed by atoms with van der Waals surface area (Å²) in [6.07, 6.45) is -0.532. The molecule has 0 amide bonds. The van der Waals surface area contributed by atoms with E-state index >= 15 is 0 Å². The normalized spacial score (nSPS) is 13.2. The monoisotopic (exact) mass is 253 g/mol. The van der Waals surface area contributed by atoms with Crippen LogP contribution >= 0.6 is 0 Å². The van der Waals surface area contributed by atoms with Crippen LogP contribution in [0, 0.1) is 0 Å². The zero-order valence-corrected chi connectivity index (χ0v) is 11.6. The van der Waals surface area contributed by atoms with Crippen LogP contribution in [-0.2, 0) is 4.74 Å². The van der Waals surface area contributed by atoms with Gasteiger partial charge in [0.15, 0.2) is 0 Å². The first-order valence-electron chi connectivity index (χ1n) is 6.10. The van der Waals surface area contributed by atoms with Gasteiger partial charge in [-0.3, -0.25) is 0 Å². The largest absolute Gasteiger partial charge is 0.497 e. The second-order valence-corrected chi connectivity index (χ2v) is 5.19. The molecule has 0 fully saturated rings. The maximum Gasteiger partial charge on any atom is 0.120 e. The van der Waals surface area contributed by atoms with Gasteiger partial charge in [0.25, 0.3) is 0 Å². The molecule has 0 aliphatic heterocycles. The van der Waals surface area contributed by atoms with Gasteiger partial charge in [-0.15, -0.1) is 0 Å². The summed E-state index contributed by atoms with van der Waals surface area (Å²) < 4.78 is 10.6. The van der Waals surface area contributed by atoms with Crippen molar-refractivity contribution < 1.29 is 14.6 Å². The average molecular weight is 253 g/mol. The van der Waals surface area contributed by atoms with Crippen LogP contribution in [0.25, 0.3) is 0 Å². The van der Waals surface area contributed by atoms with Gasteiger partial charge in [0, 0.05) is 18.3 Å². The number of methoxy groups -OCH3 is 1. The molecule has 2 N–H and O–H groups in total. The van der Waals surface area contributed by atoms with E-state index in [0.29, 0.717) is 13.2 Å². The number of hydrogen-bond donors (Lipinski definition) is 2. The summed E-state index contributed by atoms with van der Waals surface area (Å²) in [5, 5.41) is 12.9. The third-order valence-electron chi connectivity index (χ3n) is 2.32. The lowest BCUT2D eigenvalue weighted by Crippen LogP contribution is -2.30. The first-order chi connectivity index (χ1) is 8.40. The lowest BCUT2D eigenvalue weighted by molar-refractivity contribution is -0.0449. The van der Waals surface area contributed by atoms with E-state index in [1.165, 1.54) is 0 Å². The third kappa shape index (κ3) is 5.89. The quantitative estimate of drug-likeness (QED) is 0.816. The number of aliphatic hydroxyl groups is 1. The number of hydrogen-bond acceptors (Lipinski definition) is 4. The highest BCUT2D eigenvalue weighted by atomic mass is 16.5. The number of rotatable bonds is 6. The van der Waals surface area contributed by atoms with Crippen LogP contribution in [0.1, 0.15) is 20.8 Å². The van der Waals surface area contributed by atoms with E-state index in [1.807, 2.05) is 45.0 Å². The number of anilines is 1. The van der Waals surface area contributed by atoms with Gasteiger partial charge in [-0.05, 0) is 32.9 Å². The SMILES string of the molecule is COc1cccc(NCC(O)COC(C)(C)C)c1. The van der Waals surface area contributed by atoms with E-state index in [4.69, 9.17) is 9.47 Å². The summed E-state index contributed by atoms with van der Waals surface area (Å²) in [6.45, 7) is 6.67. The van der Waals surface area contributed by atoms with Crippen LogP contribution in [0.2, 0.25) is 0 Å². The van der Waals surface area contributed by atoms with Crippen molar-refractivity contribution in [3.05, 3.63) is 24.3 Å². The van der Waals surface area contributed by atoms with Crippen LogP contribution < -0.4 is 10.1 Å². The molecule has 1 aromatic rings. The number of nitrogens with one attached hydrogen (secondary N) is 1. The molecule has 0 bridgehead atoms. The minimum absolute atomic E-state index is 0.225. The molecule has 1 atom stereocenters. The van der Waals surface area contributed by atoms with Crippen molar-refractivity contribution in [2.45, 2.75) is 32.5 Å². The first kappa shape index (κ1) is 14.8. The van der Waals surface area contributed by atoms with Gasteiger partial charge in [-0.2, -0.15) is 0 Å². The van der Waals surface area contributed by atoms with E-state index < -0.39 is 6.10 Å². The fourth-order valence-corrected chi connectivity index (χ4v) is 1.37. The second kappa shape index (κ2) is 6.61. The van der Waals surface area contributed by atoms with Gasteiger partial charge >= 0.3 is 0 Å². The minimum atomic E-state index is -0.532.